The molecule has 82 valence electrons. The summed E-state index contributed by atoms with van der Waals surface area (Å²) in [5.41, 5.74) is 7.17. The molecule has 0 amide bonds. The minimum absolute atomic E-state index is 0.225. The van der Waals surface area contributed by atoms with Crippen LogP contribution in [-0.2, 0) is 6.54 Å². The van der Waals surface area contributed by atoms with Crippen molar-refractivity contribution in [1.82, 2.24) is 9.55 Å². The maximum absolute atomic E-state index is 5.90. The number of rotatable bonds is 1. The third kappa shape index (κ3) is 1.63. The summed E-state index contributed by atoms with van der Waals surface area (Å²) < 4.78 is 2.17. The monoisotopic (exact) mass is 206 g/mol. The minimum atomic E-state index is 0.225. The molecule has 1 aromatic rings. The van der Waals surface area contributed by atoms with Gasteiger partial charge in [0.1, 0.15) is 0 Å². The third-order valence-corrected chi connectivity index (χ3v) is 3.52. The highest BCUT2D eigenvalue weighted by Gasteiger charge is 2.23. The molecule has 4 nitrogen and oxygen atoms in total. The Morgan fingerprint density at radius 1 is 1.40 bits per heavy atom. The maximum atomic E-state index is 5.90. The van der Waals surface area contributed by atoms with Crippen molar-refractivity contribution in [3.8, 4) is 0 Å². The van der Waals surface area contributed by atoms with E-state index in [0.717, 1.165) is 19.0 Å². The minimum Gasteiger partial charge on any atom is -0.354 e. The molecule has 3 N–H and O–H groups in total. The Labute approximate surface area is 89.9 Å². The fourth-order valence-corrected chi connectivity index (χ4v) is 2.67. The van der Waals surface area contributed by atoms with Gasteiger partial charge >= 0.3 is 0 Å². The molecule has 1 atom stereocenters. The van der Waals surface area contributed by atoms with Crippen LogP contribution in [0.1, 0.15) is 37.3 Å². The molecule has 1 saturated carbocycles. The maximum Gasteiger partial charge on any atom is 0.203 e. The predicted octanol–water partition coefficient (Wildman–Crippen LogP) is 1.29. The second-order valence-electron chi connectivity index (χ2n) is 4.76. The van der Waals surface area contributed by atoms with Gasteiger partial charge in [0.05, 0.1) is 5.69 Å². The Hall–Kier alpha value is -1.03. The zero-order valence-corrected chi connectivity index (χ0v) is 8.95. The molecule has 1 aliphatic heterocycles. The SMILES string of the molecule is NC1CNc2nc(C3CCCC3)cn2C1. The van der Waals surface area contributed by atoms with Crippen molar-refractivity contribution in [2.75, 3.05) is 11.9 Å². The van der Waals surface area contributed by atoms with Gasteiger partial charge in [-0.15, -0.1) is 0 Å². The Morgan fingerprint density at radius 3 is 3.00 bits per heavy atom. The van der Waals surface area contributed by atoms with Gasteiger partial charge in [0.2, 0.25) is 5.95 Å². The van der Waals surface area contributed by atoms with E-state index in [1.807, 2.05) is 0 Å². The molecule has 1 aromatic heterocycles. The van der Waals surface area contributed by atoms with Crippen molar-refractivity contribution >= 4 is 5.95 Å². The summed E-state index contributed by atoms with van der Waals surface area (Å²) in [6.07, 6.45) is 7.53. The van der Waals surface area contributed by atoms with Crippen molar-refractivity contribution in [1.29, 1.82) is 0 Å². The van der Waals surface area contributed by atoms with E-state index in [1.54, 1.807) is 0 Å². The fourth-order valence-electron chi connectivity index (χ4n) is 2.67. The summed E-state index contributed by atoms with van der Waals surface area (Å²) in [5.74, 6) is 1.71. The average Bonchev–Trinajstić information content (AvgIpc) is 2.84. The lowest BCUT2D eigenvalue weighted by atomic mass is 10.1. The largest absolute Gasteiger partial charge is 0.354 e. The van der Waals surface area contributed by atoms with Gasteiger partial charge in [0.25, 0.3) is 0 Å². The van der Waals surface area contributed by atoms with Crippen LogP contribution in [0.5, 0.6) is 0 Å². The molecule has 0 bridgehead atoms. The van der Waals surface area contributed by atoms with Gasteiger partial charge in [0.15, 0.2) is 0 Å². The molecule has 0 spiro atoms. The molecular weight excluding hydrogens is 188 g/mol. The number of imidazole rings is 1. The summed E-state index contributed by atoms with van der Waals surface area (Å²) in [6, 6.07) is 0.225. The first-order valence-electron chi connectivity index (χ1n) is 5.89. The second-order valence-corrected chi connectivity index (χ2v) is 4.76. The molecule has 3 rings (SSSR count). The first-order chi connectivity index (χ1) is 7.33. The number of hydrogen-bond donors (Lipinski definition) is 2. The highest BCUT2D eigenvalue weighted by Crippen LogP contribution is 2.34. The van der Waals surface area contributed by atoms with Crippen LogP contribution < -0.4 is 11.1 Å². The van der Waals surface area contributed by atoms with Crippen LogP contribution in [0.25, 0.3) is 0 Å². The van der Waals surface area contributed by atoms with Crippen LogP contribution >= 0.6 is 0 Å². The summed E-state index contributed by atoms with van der Waals surface area (Å²) in [7, 11) is 0. The smallest absolute Gasteiger partial charge is 0.203 e. The van der Waals surface area contributed by atoms with Crippen molar-refractivity contribution in [2.24, 2.45) is 5.73 Å². The van der Waals surface area contributed by atoms with Gasteiger partial charge in [-0.25, -0.2) is 4.98 Å². The van der Waals surface area contributed by atoms with E-state index in [2.05, 4.69) is 21.1 Å². The quantitative estimate of drug-likeness (QED) is 0.728. The van der Waals surface area contributed by atoms with E-state index >= 15 is 0 Å². The second kappa shape index (κ2) is 3.52. The Balaban J connectivity index is 1.85. The van der Waals surface area contributed by atoms with E-state index in [0.29, 0.717) is 5.92 Å². The van der Waals surface area contributed by atoms with Gasteiger partial charge in [-0.3, -0.25) is 0 Å². The molecule has 1 aliphatic carbocycles. The first-order valence-corrected chi connectivity index (χ1v) is 5.89. The lowest BCUT2D eigenvalue weighted by Crippen LogP contribution is -2.38. The van der Waals surface area contributed by atoms with Crippen LogP contribution in [0.3, 0.4) is 0 Å². The standard InChI is InChI=1S/C11H18N4/c12-9-5-13-11-14-10(7-15(11)6-9)8-3-1-2-4-8/h7-9H,1-6,12H2,(H,13,14). The fraction of sp³-hybridized carbons (Fsp3) is 0.727. The number of fused-ring (bicyclic) bond motifs is 1. The highest BCUT2D eigenvalue weighted by atomic mass is 15.2. The van der Waals surface area contributed by atoms with E-state index in [1.165, 1.54) is 31.4 Å². The summed E-state index contributed by atoms with van der Waals surface area (Å²) >= 11 is 0. The Bertz CT molecular complexity index is 351. The summed E-state index contributed by atoms with van der Waals surface area (Å²) in [5, 5.41) is 3.28. The van der Waals surface area contributed by atoms with Gasteiger partial charge < -0.3 is 15.6 Å². The van der Waals surface area contributed by atoms with Crippen molar-refractivity contribution < 1.29 is 0 Å². The van der Waals surface area contributed by atoms with Crippen LogP contribution in [0.4, 0.5) is 5.95 Å². The van der Waals surface area contributed by atoms with Crippen LogP contribution in [0.2, 0.25) is 0 Å². The number of nitrogens with two attached hydrogens (primary N) is 1. The van der Waals surface area contributed by atoms with E-state index in [-0.39, 0.29) is 6.04 Å². The number of nitrogens with zero attached hydrogens (tertiary/aromatic N) is 2. The molecule has 4 heteroatoms. The van der Waals surface area contributed by atoms with Gasteiger partial charge in [-0.2, -0.15) is 0 Å². The van der Waals surface area contributed by atoms with Crippen LogP contribution in [0.15, 0.2) is 6.20 Å². The van der Waals surface area contributed by atoms with Gasteiger partial charge in [-0.05, 0) is 12.8 Å². The third-order valence-electron chi connectivity index (χ3n) is 3.52. The first kappa shape index (κ1) is 9.21. The number of hydrogen-bond acceptors (Lipinski definition) is 3. The average molecular weight is 206 g/mol. The Morgan fingerprint density at radius 2 is 2.20 bits per heavy atom. The zero-order valence-electron chi connectivity index (χ0n) is 8.95. The van der Waals surface area contributed by atoms with Gasteiger partial charge in [0, 0.05) is 31.2 Å². The molecule has 0 aromatic carbocycles. The van der Waals surface area contributed by atoms with Crippen molar-refractivity contribution in [3.05, 3.63) is 11.9 Å². The lowest BCUT2D eigenvalue weighted by Gasteiger charge is -2.21. The topological polar surface area (TPSA) is 55.9 Å². The summed E-state index contributed by atoms with van der Waals surface area (Å²) in [4.78, 5) is 4.66. The van der Waals surface area contributed by atoms with E-state index < -0.39 is 0 Å². The molecule has 15 heavy (non-hydrogen) atoms. The molecular formula is C11H18N4. The predicted molar refractivity (Wildman–Crippen MR) is 59.9 cm³/mol. The molecule has 0 saturated heterocycles. The van der Waals surface area contributed by atoms with E-state index in [4.69, 9.17) is 5.73 Å². The van der Waals surface area contributed by atoms with Crippen molar-refractivity contribution in [3.63, 3.8) is 0 Å². The number of nitrogens with one attached hydrogen (secondary N) is 1. The van der Waals surface area contributed by atoms with Crippen molar-refractivity contribution in [2.45, 2.75) is 44.2 Å². The molecule has 1 unspecified atom stereocenters. The normalized spacial score (nSPS) is 26.3. The molecule has 0 radical (unpaired) electrons. The Kier molecular flexibility index (Phi) is 2.16. The zero-order chi connectivity index (χ0) is 10.3. The van der Waals surface area contributed by atoms with Crippen LogP contribution in [0, 0.1) is 0 Å². The number of anilines is 1. The molecule has 2 aliphatic rings. The molecule has 1 fully saturated rings. The molecule has 2 heterocycles. The highest BCUT2D eigenvalue weighted by molar-refractivity contribution is 5.33. The van der Waals surface area contributed by atoms with Crippen LogP contribution in [-0.4, -0.2) is 22.1 Å². The van der Waals surface area contributed by atoms with E-state index in [9.17, 15) is 0 Å². The lowest BCUT2D eigenvalue weighted by molar-refractivity contribution is 0.542. The number of aromatic nitrogens is 2. The van der Waals surface area contributed by atoms with Gasteiger partial charge in [-0.1, -0.05) is 12.8 Å². The summed E-state index contributed by atoms with van der Waals surface area (Å²) in [6.45, 7) is 1.75.